The number of thiophene rings is 1. The number of nitrogens with zero attached hydrogens (tertiary/aromatic N) is 2. The molecule has 9 heteroatoms. The minimum Gasteiger partial charge on any atom is -0.487 e. The third-order valence-electron chi connectivity index (χ3n) is 5.62. The van der Waals surface area contributed by atoms with Crippen molar-refractivity contribution in [3.05, 3.63) is 76.1 Å². The lowest BCUT2D eigenvalue weighted by Gasteiger charge is -2.11. The van der Waals surface area contributed by atoms with E-state index >= 15 is 0 Å². The molecular weight excluding hydrogens is 487 g/mol. The van der Waals surface area contributed by atoms with Crippen molar-refractivity contribution in [2.75, 3.05) is 11.9 Å². The maximum atomic E-state index is 13.4. The van der Waals surface area contributed by atoms with Gasteiger partial charge < -0.3 is 15.2 Å². The van der Waals surface area contributed by atoms with Crippen molar-refractivity contribution < 1.29 is 14.2 Å². The summed E-state index contributed by atoms with van der Waals surface area (Å²) in [6.07, 6.45) is 3.37. The van der Waals surface area contributed by atoms with Crippen LogP contribution >= 0.6 is 22.9 Å². The second kappa shape index (κ2) is 10.6. The van der Waals surface area contributed by atoms with Crippen LogP contribution in [0.15, 0.2) is 54.9 Å². The van der Waals surface area contributed by atoms with E-state index in [0.29, 0.717) is 16.6 Å². The molecule has 2 aromatic heterocycles. The van der Waals surface area contributed by atoms with Gasteiger partial charge in [-0.3, -0.25) is 5.32 Å². The predicted molar refractivity (Wildman–Crippen MR) is 137 cm³/mol. The Balaban J connectivity index is 1.29. The van der Waals surface area contributed by atoms with Crippen molar-refractivity contribution in [1.82, 2.24) is 15.3 Å². The van der Waals surface area contributed by atoms with Crippen LogP contribution in [0.5, 0.6) is 5.75 Å². The summed E-state index contributed by atoms with van der Waals surface area (Å²) in [6, 6.07) is 13.8. The van der Waals surface area contributed by atoms with Crippen LogP contribution in [0.2, 0.25) is 5.02 Å². The summed E-state index contributed by atoms with van der Waals surface area (Å²) in [5.41, 5.74) is 2.28. The van der Waals surface area contributed by atoms with E-state index in [-0.39, 0.29) is 31.1 Å². The van der Waals surface area contributed by atoms with Crippen molar-refractivity contribution in [2.24, 2.45) is 0 Å². The number of aliphatic hydroxyl groups excluding tert-OH is 1. The molecule has 2 atom stereocenters. The van der Waals surface area contributed by atoms with E-state index in [1.165, 1.54) is 29.8 Å². The molecule has 3 N–H and O–H groups in total. The highest BCUT2D eigenvalue weighted by Crippen LogP contribution is 2.33. The molecule has 35 heavy (non-hydrogen) atoms. The molecule has 1 saturated heterocycles. The number of aliphatic hydroxyl groups is 1. The zero-order chi connectivity index (χ0) is 24.2. The molecule has 1 fully saturated rings. The number of anilines is 2. The average Bonchev–Trinajstić information content (AvgIpc) is 3.49. The SMILES string of the molecule is OC[C@H]1CC[C@H](C#Cc2cc3ncnc(Nc4ccc(OCc5cccc(F)c5)c(Cl)c4)c3s2)N1. The van der Waals surface area contributed by atoms with Crippen LogP contribution in [0, 0.1) is 17.7 Å². The first kappa shape index (κ1) is 23.5. The Kier molecular flexibility index (Phi) is 7.11. The van der Waals surface area contributed by atoms with Crippen LogP contribution in [0.4, 0.5) is 15.9 Å². The molecule has 1 aliphatic rings. The van der Waals surface area contributed by atoms with Gasteiger partial charge in [0.2, 0.25) is 0 Å². The van der Waals surface area contributed by atoms with Crippen LogP contribution in [-0.2, 0) is 6.61 Å². The van der Waals surface area contributed by atoms with Crippen molar-refractivity contribution in [2.45, 2.75) is 31.5 Å². The lowest BCUT2D eigenvalue weighted by Crippen LogP contribution is -2.30. The first-order valence-electron chi connectivity index (χ1n) is 11.1. The van der Waals surface area contributed by atoms with Gasteiger partial charge in [0.1, 0.15) is 24.5 Å². The smallest absolute Gasteiger partial charge is 0.151 e. The van der Waals surface area contributed by atoms with Gasteiger partial charge in [0.15, 0.2) is 5.82 Å². The van der Waals surface area contributed by atoms with Crippen LogP contribution in [-0.4, -0.2) is 33.8 Å². The fraction of sp³-hybridized carbons (Fsp3) is 0.231. The molecule has 178 valence electrons. The number of nitrogens with one attached hydrogen (secondary N) is 2. The molecule has 0 saturated carbocycles. The summed E-state index contributed by atoms with van der Waals surface area (Å²) in [5, 5.41) is 16.3. The zero-order valence-electron chi connectivity index (χ0n) is 18.6. The number of fused-ring (bicyclic) bond motifs is 1. The molecule has 0 bridgehead atoms. The summed E-state index contributed by atoms with van der Waals surface area (Å²) in [5.74, 6) is 7.34. The van der Waals surface area contributed by atoms with Gasteiger partial charge in [-0.05, 0) is 54.8 Å². The average molecular weight is 509 g/mol. The maximum absolute atomic E-state index is 13.4. The molecule has 1 aliphatic heterocycles. The second-order valence-electron chi connectivity index (χ2n) is 8.18. The lowest BCUT2D eigenvalue weighted by molar-refractivity contribution is 0.253. The summed E-state index contributed by atoms with van der Waals surface area (Å²) in [7, 11) is 0. The monoisotopic (exact) mass is 508 g/mol. The Hall–Kier alpha value is -3.22. The molecular formula is C26H22ClFN4O2S. The van der Waals surface area contributed by atoms with Gasteiger partial charge in [0, 0.05) is 11.7 Å². The topological polar surface area (TPSA) is 79.3 Å². The Labute approximate surface area is 211 Å². The van der Waals surface area contributed by atoms with Gasteiger partial charge >= 0.3 is 0 Å². The van der Waals surface area contributed by atoms with E-state index in [0.717, 1.165) is 39.2 Å². The quantitative estimate of drug-likeness (QED) is 0.308. The van der Waals surface area contributed by atoms with Crippen molar-refractivity contribution in [1.29, 1.82) is 0 Å². The highest BCUT2D eigenvalue weighted by atomic mass is 35.5. The molecule has 5 rings (SSSR count). The number of ether oxygens (including phenoxy) is 1. The minimum absolute atomic E-state index is 0.0878. The van der Waals surface area contributed by atoms with E-state index in [9.17, 15) is 9.50 Å². The largest absolute Gasteiger partial charge is 0.487 e. The Morgan fingerprint density at radius 3 is 2.91 bits per heavy atom. The van der Waals surface area contributed by atoms with Crippen molar-refractivity contribution in [3.8, 4) is 17.6 Å². The molecule has 4 aromatic rings. The van der Waals surface area contributed by atoms with Crippen LogP contribution in [0.3, 0.4) is 0 Å². The van der Waals surface area contributed by atoms with E-state index in [1.807, 2.05) is 12.1 Å². The standard InChI is InChI=1S/C26H22ClFN4O2S/c27-22-11-19(7-9-24(22)34-14-16-2-1-3-17(28)10-16)32-26-25-23(29-15-30-26)12-21(35-25)8-6-18-4-5-20(13-33)31-18/h1-3,7,9-12,15,18,20,31,33H,4-5,13-14H2,(H,29,30,32)/t18-,20-/m1/s1. The van der Waals surface area contributed by atoms with Gasteiger partial charge in [0.25, 0.3) is 0 Å². The number of rotatable bonds is 6. The number of hydrogen-bond acceptors (Lipinski definition) is 7. The van der Waals surface area contributed by atoms with Crippen LogP contribution in [0.25, 0.3) is 10.2 Å². The van der Waals surface area contributed by atoms with Gasteiger partial charge in [0.05, 0.1) is 32.8 Å². The minimum atomic E-state index is -0.304. The van der Waals surface area contributed by atoms with E-state index in [1.54, 1.807) is 24.3 Å². The maximum Gasteiger partial charge on any atom is 0.151 e. The Morgan fingerprint density at radius 1 is 1.20 bits per heavy atom. The fourth-order valence-corrected chi connectivity index (χ4v) is 5.01. The van der Waals surface area contributed by atoms with E-state index in [4.69, 9.17) is 16.3 Å². The van der Waals surface area contributed by atoms with Crippen LogP contribution in [0.1, 0.15) is 23.3 Å². The fourth-order valence-electron chi connectivity index (χ4n) is 3.86. The highest BCUT2D eigenvalue weighted by molar-refractivity contribution is 7.20. The molecule has 3 heterocycles. The number of aromatic nitrogens is 2. The molecule has 6 nitrogen and oxygen atoms in total. The number of hydrogen-bond donors (Lipinski definition) is 3. The summed E-state index contributed by atoms with van der Waals surface area (Å²) in [4.78, 5) is 9.67. The second-order valence-corrected chi connectivity index (χ2v) is 9.64. The van der Waals surface area contributed by atoms with Gasteiger partial charge in [-0.1, -0.05) is 35.6 Å². The Morgan fingerprint density at radius 2 is 2.11 bits per heavy atom. The van der Waals surface area contributed by atoms with Crippen molar-refractivity contribution in [3.63, 3.8) is 0 Å². The number of halogens is 2. The highest BCUT2D eigenvalue weighted by Gasteiger charge is 2.21. The Bertz CT molecular complexity index is 1420. The predicted octanol–water partition coefficient (Wildman–Crippen LogP) is 5.27. The number of benzene rings is 2. The molecule has 0 unspecified atom stereocenters. The third-order valence-corrected chi connectivity index (χ3v) is 6.96. The third kappa shape index (κ3) is 5.72. The molecule has 0 aliphatic carbocycles. The molecule has 2 aromatic carbocycles. The van der Waals surface area contributed by atoms with Gasteiger partial charge in [-0.15, -0.1) is 11.3 Å². The molecule has 0 amide bonds. The first-order chi connectivity index (χ1) is 17.1. The van der Waals surface area contributed by atoms with E-state index in [2.05, 4.69) is 32.4 Å². The first-order valence-corrected chi connectivity index (χ1v) is 12.3. The summed E-state index contributed by atoms with van der Waals surface area (Å²) >= 11 is 7.95. The van der Waals surface area contributed by atoms with Crippen molar-refractivity contribution >= 4 is 44.7 Å². The molecule has 0 spiro atoms. The summed E-state index contributed by atoms with van der Waals surface area (Å²) in [6.45, 7) is 0.350. The van der Waals surface area contributed by atoms with Gasteiger partial charge in [-0.2, -0.15) is 0 Å². The normalized spacial score (nSPS) is 17.2. The van der Waals surface area contributed by atoms with Crippen LogP contribution < -0.4 is 15.4 Å². The van der Waals surface area contributed by atoms with Gasteiger partial charge in [-0.25, -0.2) is 14.4 Å². The summed E-state index contributed by atoms with van der Waals surface area (Å²) < 4.78 is 20.0. The van der Waals surface area contributed by atoms with E-state index < -0.39 is 0 Å². The lowest BCUT2D eigenvalue weighted by atomic mass is 10.2. The molecule has 0 radical (unpaired) electrons. The zero-order valence-corrected chi connectivity index (χ0v) is 20.2.